The van der Waals surface area contributed by atoms with Gasteiger partial charge in [0, 0.05) is 49.3 Å². The molecule has 0 fully saturated rings. The number of guanidine groups is 1. The molecule has 1 aromatic heterocycles. The molecule has 75 heavy (non-hydrogen) atoms. The predicted molar refractivity (Wildman–Crippen MR) is 281 cm³/mol. The first-order chi connectivity index (χ1) is 35.9. The number of para-hydroxylation sites is 1. The lowest BCUT2D eigenvalue weighted by Gasteiger charge is -2.28. The number of nitrogens with zero attached hydrogens (tertiary/aromatic N) is 1. The van der Waals surface area contributed by atoms with Crippen molar-refractivity contribution in [2.75, 3.05) is 13.1 Å². The zero-order valence-electron chi connectivity index (χ0n) is 41.7. The van der Waals surface area contributed by atoms with Crippen molar-refractivity contribution in [2.24, 2.45) is 27.9 Å². The normalized spacial score (nSPS) is 13.9. The number of aromatic nitrogens is 1. The summed E-state index contributed by atoms with van der Waals surface area (Å²) < 4.78 is 0. The summed E-state index contributed by atoms with van der Waals surface area (Å²) in [6, 6.07) is 18.7. The van der Waals surface area contributed by atoms with E-state index in [1.54, 1.807) is 54.7 Å². The number of hydrogen-bond donors (Lipinski definition) is 14. The summed E-state index contributed by atoms with van der Waals surface area (Å²) in [4.78, 5) is 105. The minimum absolute atomic E-state index is 0.0285. The van der Waals surface area contributed by atoms with Gasteiger partial charge in [0.1, 0.15) is 47.8 Å². The third-order valence-corrected chi connectivity index (χ3v) is 12.2. The van der Waals surface area contributed by atoms with Gasteiger partial charge in [-0.2, -0.15) is 0 Å². The third kappa shape index (κ3) is 18.5. The number of carbonyl (C=O) groups is 7. The quantitative estimate of drug-likeness (QED) is 0.0175. The largest absolute Gasteiger partial charge is 0.508 e. The second kappa shape index (κ2) is 28.7. The number of nitrogens with two attached hydrogens (primary N) is 4. The van der Waals surface area contributed by atoms with E-state index in [2.05, 4.69) is 41.9 Å². The second-order valence-electron chi connectivity index (χ2n) is 18.2. The molecule has 400 valence electrons. The Morgan fingerprint density at radius 2 is 0.960 bits per heavy atom. The fraction of sp³-hybridized carbons (Fsp3) is 0.358. The van der Waals surface area contributed by atoms with Gasteiger partial charge >= 0.3 is 5.97 Å². The highest BCUT2D eigenvalue weighted by Gasteiger charge is 2.34. The minimum atomic E-state index is -1.44. The van der Waals surface area contributed by atoms with Crippen LogP contribution in [-0.4, -0.2) is 123 Å². The number of aromatic hydroxyl groups is 2. The summed E-state index contributed by atoms with van der Waals surface area (Å²) in [6.07, 6.45) is 2.27. The van der Waals surface area contributed by atoms with E-state index in [4.69, 9.17) is 22.9 Å². The van der Waals surface area contributed by atoms with Gasteiger partial charge in [-0.3, -0.25) is 33.8 Å². The topological polar surface area (TPSA) is 385 Å². The number of phenols is 2. The van der Waals surface area contributed by atoms with E-state index in [-0.39, 0.29) is 68.9 Å². The van der Waals surface area contributed by atoms with Crippen molar-refractivity contribution in [1.29, 1.82) is 0 Å². The SMILES string of the molecule is C[C@H](N)C(=O)N[C@@H](Cc1ccccc1)C(=O)N[C@@H](Cc1ccc(O)cc1)C(=O)N[C@@H](CCCN=C(N)N)C(=O)N[C@@H](Cc1c[nH]c2ccccc12)C(=O)N[C@@H](Cc1ccc(O)cc1)C(=O)N[C@@H](CCCCN)C(=O)O. The molecule has 0 saturated heterocycles. The van der Waals surface area contributed by atoms with E-state index in [1.165, 1.54) is 43.3 Å². The molecule has 5 rings (SSSR count). The van der Waals surface area contributed by atoms with Gasteiger partial charge in [-0.25, -0.2) is 4.79 Å². The monoisotopic (exact) mass is 1030 g/mol. The number of benzene rings is 4. The number of fused-ring (bicyclic) bond motifs is 1. The molecule has 7 atom stereocenters. The fourth-order valence-corrected chi connectivity index (χ4v) is 8.13. The number of phenolic OH excluding ortho intramolecular Hbond substituents is 2. The first kappa shape index (κ1) is 57.4. The van der Waals surface area contributed by atoms with E-state index < -0.39 is 83.7 Å². The second-order valence-corrected chi connectivity index (χ2v) is 18.2. The van der Waals surface area contributed by atoms with Gasteiger partial charge < -0.3 is 75.1 Å². The Labute approximate surface area is 433 Å². The lowest BCUT2D eigenvalue weighted by atomic mass is 10.00. The number of aromatic amines is 1. The Hall–Kier alpha value is -8.50. The molecule has 18 N–H and O–H groups in total. The molecular formula is C53H68N12O10. The number of unbranched alkanes of at least 4 members (excludes halogenated alkanes) is 1. The molecule has 1 heterocycles. The Morgan fingerprint density at radius 1 is 0.533 bits per heavy atom. The first-order valence-corrected chi connectivity index (χ1v) is 24.6. The number of H-pyrrole nitrogens is 1. The summed E-state index contributed by atoms with van der Waals surface area (Å²) >= 11 is 0. The van der Waals surface area contributed by atoms with Crippen LogP contribution in [0.3, 0.4) is 0 Å². The van der Waals surface area contributed by atoms with Gasteiger partial charge in [0.05, 0.1) is 6.04 Å². The predicted octanol–water partition coefficient (Wildman–Crippen LogP) is 0.373. The molecule has 0 spiro atoms. The number of carboxylic acids is 1. The summed E-state index contributed by atoms with van der Waals surface area (Å²) in [5.74, 6) is -6.34. The highest BCUT2D eigenvalue weighted by atomic mass is 16.4. The number of amides is 6. The molecule has 22 nitrogen and oxygen atoms in total. The van der Waals surface area contributed by atoms with Gasteiger partial charge in [0.15, 0.2) is 5.96 Å². The van der Waals surface area contributed by atoms with E-state index in [0.717, 1.165) is 10.9 Å². The van der Waals surface area contributed by atoms with E-state index in [9.17, 15) is 48.9 Å². The summed E-state index contributed by atoms with van der Waals surface area (Å²) in [5.41, 5.74) is 25.7. The van der Waals surface area contributed by atoms with Crippen LogP contribution in [0.4, 0.5) is 0 Å². The Balaban J connectivity index is 1.49. The molecule has 6 amide bonds. The average Bonchev–Trinajstić information content (AvgIpc) is 3.79. The highest BCUT2D eigenvalue weighted by Crippen LogP contribution is 2.21. The van der Waals surface area contributed by atoms with E-state index in [1.807, 2.05) is 18.2 Å². The Bertz CT molecular complexity index is 2730. The number of hydrogen-bond acceptors (Lipinski definition) is 12. The van der Waals surface area contributed by atoms with Crippen molar-refractivity contribution in [2.45, 2.75) is 107 Å². The number of carbonyl (C=O) groups excluding carboxylic acids is 6. The van der Waals surface area contributed by atoms with Crippen molar-refractivity contribution in [3.05, 3.63) is 132 Å². The lowest BCUT2D eigenvalue weighted by Crippen LogP contribution is -2.60. The molecule has 0 aliphatic rings. The zero-order valence-corrected chi connectivity index (χ0v) is 41.7. The van der Waals surface area contributed by atoms with Crippen molar-refractivity contribution >= 4 is 58.3 Å². The van der Waals surface area contributed by atoms with Crippen LogP contribution in [0.5, 0.6) is 11.5 Å². The van der Waals surface area contributed by atoms with E-state index in [0.29, 0.717) is 41.6 Å². The molecule has 4 aromatic carbocycles. The van der Waals surface area contributed by atoms with Crippen LogP contribution < -0.4 is 54.8 Å². The van der Waals surface area contributed by atoms with Gasteiger partial charge in [-0.05, 0) is 98.2 Å². The van der Waals surface area contributed by atoms with Crippen LogP contribution in [0.25, 0.3) is 10.9 Å². The molecule has 0 radical (unpaired) electrons. The van der Waals surface area contributed by atoms with Crippen molar-refractivity contribution in [1.82, 2.24) is 36.9 Å². The molecule has 5 aromatic rings. The zero-order chi connectivity index (χ0) is 54.4. The summed E-state index contributed by atoms with van der Waals surface area (Å²) in [5, 5.41) is 47.0. The maximum absolute atomic E-state index is 14.8. The van der Waals surface area contributed by atoms with Crippen LogP contribution >= 0.6 is 0 Å². The Kier molecular flexibility index (Phi) is 21.9. The van der Waals surface area contributed by atoms with Crippen molar-refractivity contribution < 1.29 is 48.9 Å². The average molecular weight is 1030 g/mol. The van der Waals surface area contributed by atoms with Gasteiger partial charge in [0.25, 0.3) is 0 Å². The molecular weight excluding hydrogens is 965 g/mol. The standard InChI is InChI=1S/C53H68N12O10/c1-31(55)46(68)62-42(26-32-10-3-2-4-11-32)50(72)63-43(27-33-16-20-36(66)21-17-33)48(70)60-40(15-9-25-58-53(56)57)47(69)65-45(29-35-30-59-39-13-6-5-12-38(35)39)51(73)64-44(28-34-18-22-37(67)23-19-34)49(71)61-41(52(74)75)14-7-8-24-54/h2-6,10-13,16-23,30-31,40-45,59,66-67H,7-9,14-15,24-29,54-55H2,1H3,(H,60,70)(H,61,71)(H,62,68)(H,63,72)(H,64,73)(H,65,69)(H,74,75)(H4,56,57,58)/t31-,40-,41-,42-,43-,44-,45-/m0/s1. The van der Waals surface area contributed by atoms with Crippen LogP contribution in [0, 0.1) is 0 Å². The molecule has 0 aliphatic carbocycles. The minimum Gasteiger partial charge on any atom is -0.508 e. The lowest BCUT2D eigenvalue weighted by molar-refractivity contribution is -0.142. The molecule has 0 bridgehead atoms. The van der Waals surface area contributed by atoms with E-state index >= 15 is 0 Å². The highest BCUT2D eigenvalue weighted by molar-refractivity contribution is 5.98. The summed E-state index contributed by atoms with van der Waals surface area (Å²) in [6.45, 7) is 1.80. The number of aliphatic carboxylic acids is 1. The maximum atomic E-state index is 14.8. The van der Waals surface area contributed by atoms with Crippen LogP contribution in [-0.2, 0) is 59.2 Å². The summed E-state index contributed by atoms with van der Waals surface area (Å²) in [7, 11) is 0. The van der Waals surface area contributed by atoms with Crippen molar-refractivity contribution in [3.8, 4) is 11.5 Å². The first-order valence-electron chi connectivity index (χ1n) is 24.6. The van der Waals surface area contributed by atoms with Crippen LogP contribution in [0.2, 0.25) is 0 Å². The number of rotatable bonds is 29. The van der Waals surface area contributed by atoms with Gasteiger partial charge in [0.2, 0.25) is 35.4 Å². The Morgan fingerprint density at radius 3 is 1.45 bits per heavy atom. The van der Waals surface area contributed by atoms with Crippen molar-refractivity contribution in [3.63, 3.8) is 0 Å². The van der Waals surface area contributed by atoms with Crippen LogP contribution in [0.1, 0.15) is 61.3 Å². The molecule has 0 unspecified atom stereocenters. The smallest absolute Gasteiger partial charge is 0.326 e. The van der Waals surface area contributed by atoms with Gasteiger partial charge in [-0.15, -0.1) is 0 Å². The molecule has 22 heteroatoms. The fourth-order valence-electron chi connectivity index (χ4n) is 8.13. The number of nitrogens with one attached hydrogen (secondary N) is 7. The number of carboxylic acid groups (broad SMARTS) is 1. The number of aliphatic imine (C=N–C) groups is 1. The van der Waals surface area contributed by atoms with Crippen LogP contribution in [0.15, 0.2) is 114 Å². The molecule has 0 aliphatic heterocycles. The maximum Gasteiger partial charge on any atom is 0.326 e. The molecule has 0 saturated carbocycles. The van der Waals surface area contributed by atoms with Gasteiger partial charge in [-0.1, -0.05) is 72.8 Å². The third-order valence-electron chi connectivity index (χ3n) is 12.2.